The van der Waals surface area contributed by atoms with Crippen molar-refractivity contribution in [1.29, 1.82) is 0 Å². The van der Waals surface area contributed by atoms with Crippen LogP contribution in [0.2, 0.25) is 0 Å². The van der Waals surface area contributed by atoms with E-state index in [1.165, 1.54) is 18.2 Å². The molecule has 31 heavy (non-hydrogen) atoms. The lowest BCUT2D eigenvalue weighted by Crippen LogP contribution is -2.12. The van der Waals surface area contributed by atoms with Crippen LogP contribution in [0.5, 0.6) is 0 Å². The summed E-state index contributed by atoms with van der Waals surface area (Å²) < 4.78 is 38.7. The van der Waals surface area contributed by atoms with Crippen LogP contribution in [0.15, 0.2) is 91.3 Å². The molecular weight excluding hydrogens is 416 g/mol. The van der Waals surface area contributed by atoms with Gasteiger partial charge in [0, 0.05) is 11.5 Å². The van der Waals surface area contributed by atoms with Gasteiger partial charge in [-0.1, -0.05) is 24.3 Å². The van der Waals surface area contributed by atoms with Gasteiger partial charge in [-0.25, -0.2) is 18.2 Å². The molecular formula is C23H16N2O5S. The molecule has 0 fully saturated rings. The van der Waals surface area contributed by atoms with Gasteiger partial charge in [-0.3, -0.25) is 4.72 Å². The highest BCUT2D eigenvalue weighted by molar-refractivity contribution is 7.92. The molecule has 3 aromatic carbocycles. The number of oxazole rings is 1. The van der Waals surface area contributed by atoms with Crippen LogP contribution in [0.25, 0.3) is 33.5 Å². The molecule has 0 aliphatic rings. The van der Waals surface area contributed by atoms with Gasteiger partial charge in [-0.2, -0.15) is 0 Å². The van der Waals surface area contributed by atoms with Crippen LogP contribution in [0.1, 0.15) is 5.56 Å². The SMILES string of the molecule is Cc1ccc2oc(-c3cc4ccc(NS(=O)(=O)c5ccccc5)cc4oc3=O)nc2c1. The maximum absolute atomic E-state index is 12.6. The zero-order valence-corrected chi connectivity index (χ0v) is 17.1. The number of nitrogens with zero attached hydrogens (tertiary/aromatic N) is 1. The summed E-state index contributed by atoms with van der Waals surface area (Å²) in [7, 11) is -3.76. The van der Waals surface area contributed by atoms with E-state index < -0.39 is 15.6 Å². The fourth-order valence-electron chi connectivity index (χ4n) is 3.29. The smallest absolute Gasteiger partial charge is 0.349 e. The Morgan fingerprint density at radius 1 is 0.871 bits per heavy atom. The van der Waals surface area contributed by atoms with Gasteiger partial charge >= 0.3 is 5.63 Å². The van der Waals surface area contributed by atoms with Gasteiger partial charge in [-0.15, -0.1) is 0 Å². The number of aromatic nitrogens is 1. The molecule has 0 spiro atoms. The quantitative estimate of drug-likeness (QED) is 0.413. The Morgan fingerprint density at radius 3 is 2.48 bits per heavy atom. The standard InChI is InChI=1S/C23H16N2O5S/c1-14-7-10-20-19(11-14)24-22(29-20)18-12-15-8-9-16(13-21(15)30-23(18)26)25-31(27,28)17-5-3-2-4-6-17/h2-13,25H,1H3. The predicted octanol–water partition coefficient (Wildman–Crippen LogP) is 4.71. The summed E-state index contributed by atoms with van der Waals surface area (Å²) >= 11 is 0. The van der Waals surface area contributed by atoms with E-state index >= 15 is 0 Å². The molecule has 5 rings (SSSR count). The molecule has 0 radical (unpaired) electrons. The van der Waals surface area contributed by atoms with Crippen LogP contribution < -0.4 is 10.3 Å². The molecule has 0 atom stereocenters. The number of hydrogen-bond acceptors (Lipinski definition) is 6. The second kappa shape index (κ2) is 7.10. The van der Waals surface area contributed by atoms with E-state index in [0.717, 1.165) is 5.56 Å². The fraction of sp³-hybridized carbons (Fsp3) is 0.0435. The number of nitrogens with one attached hydrogen (secondary N) is 1. The van der Waals surface area contributed by atoms with Gasteiger partial charge in [0.25, 0.3) is 10.0 Å². The molecule has 1 N–H and O–H groups in total. The van der Waals surface area contributed by atoms with E-state index in [1.54, 1.807) is 42.5 Å². The van der Waals surface area contributed by atoms with E-state index in [2.05, 4.69) is 9.71 Å². The minimum Gasteiger partial charge on any atom is -0.436 e. The lowest BCUT2D eigenvalue weighted by molar-refractivity contribution is 0.553. The van der Waals surface area contributed by atoms with Crippen molar-refractivity contribution >= 4 is 37.8 Å². The van der Waals surface area contributed by atoms with E-state index in [4.69, 9.17) is 8.83 Å². The van der Waals surface area contributed by atoms with Crippen LogP contribution in [0.3, 0.4) is 0 Å². The second-order valence-corrected chi connectivity index (χ2v) is 8.79. The Morgan fingerprint density at radius 2 is 1.68 bits per heavy atom. The Labute approximate surface area is 177 Å². The summed E-state index contributed by atoms with van der Waals surface area (Å²) in [5.74, 6) is 0.171. The maximum Gasteiger partial charge on any atom is 0.349 e. The predicted molar refractivity (Wildman–Crippen MR) is 117 cm³/mol. The van der Waals surface area contributed by atoms with Gasteiger partial charge in [0.2, 0.25) is 5.89 Å². The minimum absolute atomic E-state index is 0.137. The summed E-state index contributed by atoms with van der Waals surface area (Å²) in [4.78, 5) is 17.1. The first-order chi connectivity index (χ1) is 14.9. The highest BCUT2D eigenvalue weighted by atomic mass is 32.2. The third-order valence-electron chi connectivity index (χ3n) is 4.82. The Bertz CT molecular complexity index is 1600. The molecule has 0 bridgehead atoms. The minimum atomic E-state index is -3.76. The van der Waals surface area contributed by atoms with Crippen molar-refractivity contribution < 1.29 is 17.3 Å². The van der Waals surface area contributed by atoms with Crippen LogP contribution in [0.4, 0.5) is 5.69 Å². The summed E-state index contributed by atoms with van der Waals surface area (Å²) in [6.45, 7) is 1.95. The topological polar surface area (TPSA) is 102 Å². The van der Waals surface area contributed by atoms with E-state index in [0.29, 0.717) is 16.5 Å². The summed E-state index contributed by atoms with van der Waals surface area (Å²) in [6.07, 6.45) is 0. The summed E-state index contributed by atoms with van der Waals surface area (Å²) in [5.41, 5.74) is 2.35. The number of anilines is 1. The van der Waals surface area contributed by atoms with Gasteiger partial charge < -0.3 is 8.83 Å². The average Bonchev–Trinajstić information content (AvgIpc) is 3.16. The molecule has 0 saturated heterocycles. The molecule has 2 heterocycles. The Kier molecular flexibility index (Phi) is 4.37. The number of benzene rings is 3. The lowest BCUT2D eigenvalue weighted by Gasteiger charge is -2.08. The molecule has 5 aromatic rings. The van der Waals surface area contributed by atoms with Crippen molar-refractivity contribution in [2.24, 2.45) is 0 Å². The van der Waals surface area contributed by atoms with Crippen molar-refractivity contribution in [3.8, 4) is 11.5 Å². The van der Waals surface area contributed by atoms with Crippen molar-refractivity contribution in [2.45, 2.75) is 11.8 Å². The number of aryl methyl sites for hydroxylation is 1. The number of hydrogen-bond donors (Lipinski definition) is 1. The van der Waals surface area contributed by atoms with E-state index in [-0.39, 0.29) is 27.6 Å². The van der Waals surface area contributed by atoms with Gasteiger partial charge in [0.05, 0.1) is 10.6 Å². The van der Waals surface area contributed by atoms with Crippen LogP contribution >= 0.6 is 0 Å². The third kappa shape index (κ3) is 3.57. The third-order valence-corrected chi connectivity index (χ3v) is 6.21. The monoisotopic (exact) mass is 432 g/mol. The molecule has 0 aliphatic carbocycles. The molecule has 0 aliphatic heterocycles. The van der Waals surface area contributed by atoms with Crippen LogP contribution in [-0.4, -0.2) is 13.4 Å². The molecule has 0 saturated carbocycles. The summed E-state index contributed by atoms with van der Waals surface area (Å²) in [6, 6.07) is 19.9. The van der Waals surface area contributed by atoms with Crippen LogP contribution in [0, 0.1) is 6.92 Å². The normalized spacial score (nSPS) is 11.8. The molecule has 8 heteroatoms. The van der Waals surface area contributed by atoms with Gasteiger partial charge in [-0.05, 0) is 55.0 Å². The molecule has 0 unspecified atom stereocenters. The maximum atomic E-state index is 12.6. The molecule has 0 amide bonds. The van der Waals surface area contributed by atoms with E-state index in [1.807, 2.05) is 19.1 Å². The molecule has 2 aromatic heterocycles. The van der Waals surface area contributed by atoms with Crippen molar-refractivity contribution in [3.63, 3.8) is 0 Å². The Balaban J connectivity index is 1.53. The van der Waals surface area contributed by atoms with Gasteiger partial charge in [0.1, 0.15) is 16.7 Å². The molecule has 7 nitrogen and oxygen atoms in total. The number of sulfonamides is 1. The largest absolute Gasteiger partial charge is 0.436 e. The second-order valence-electron chi connectivity index (χ2n) is 7.11. The first kappa shape index (κ1) is 19.1. The van der Waals surface area contributed by atoms with Crippen molar-refractivity contribution in [3.05, 3.63) is 88.8 Å². The first-order valence-corrected chi connectivity index (χ1v) is 10.9. The average molecular weight is 432 g/mol. The zero-order chi connectivity index (χ0) is 21.6. The number of fused-ring (bicyclic) bond motifs is 2. The molecule has 154 valence electrons. The van der Waals surface area contributed by atoms with E-state index in [9.17, 15) is 13.2 Å². The van der Waals surface area contributed by atoms with Crippen molar-refractivity contribution in [1.82, 2.24) is 4.98 Å². The van der Waals surface area contributed by atoms with Crippen molar-refractivity contribution in [2.75, 3.05) is 4.72 Å². The zero-order valence-electron chi connectivity index (χ0n) is 16.3. The van der Waals surface area contributed by atoms with Crippen LogP contribution in [-0.2, 0) is 10.0 Å². The highest BCUT2D eigenvalue weighted by Gasteiger charge is 2.17. The first-order valence-electron chi connectivity index (χ1n) is 9.42. The number of rotatable bonds is 4. The highest BCUT2D eigenvalue weighted by Crippen LogP contribution is 2.27. The summed E-state index contributed by atoms with van der Waals surface area (Å²) in [5, 5.41) is 0.607. The van der Waals surface area contributed by atoms with Gasteiger partial charge in [0.15, 0.2) is 5.58 Å². The fourth-order valence-corrected chi connectivity index (χ4v) is 4.36. The lowest BCUT2D eigenvalue weighted by atomic mass is 10.1. The Hall–Kier alpha value is -3.91.